The molecule has 0 aliphatic carbocycles. The number of nitrogens with zero attached hydrogens (tertiary/aromatic N) is 1. The topological polar surface area (TPSA) is 41.6 Å². The molecule has 0 unspecified atom stereocenters. The van der Waals surface area contributed by atoms with Crippen molar-refractivity contribution < 1.29 is 13.9 Å². The van der Waals surface area contributed by atoms with Gasteiger partial charge in [0, 0.05) is 17.8 Å². The maximum Gasteiger partial charge on any atom is 0.255 e. The maximum absolute atomic E-state index is 14.6. The Kier molecular flexibility index (Phi) is 13.6. The van der Waals surface area contributed by atoms with Gasteiger partial charge in [-0.15, -0.1) is 11.8 Å². The van der Waals surface area contributed by atoms with Gasteiger partial charge >= 0.3 is 0 Å². The van der Waals surface area contributed by atoms with Crippen molar-refractivity contribution in [1.29, 1.82) is 0 Å². The molecule has 38 heavy (non-hydrogen) atoms. The number of benzene rings is 2. The van der Waals surface area contributed by atoms with Gasteiger partial charge in [-0.25, -0.2) is 4.39 Å². The van der Waals surface area contributed by atoms with Gasteiger partial charge in [0.15, 0.2) is 11.6 Å². The van der Waals surface area contributed by atoms with Crippen molar-refractivity contribution in [3.63, 3.8) is 0 Å². The molecule has 0 spiro atoms. The average molecular weight is 541 g/mol. The second kappa shape index (κ2) is 17.2. The van der Waals surface area contributed by atoms with Crippen molar-refractivity contribution in [1.82, 2.24) is 4.90 Å². The van der Waals surface area contributed by atoms with Crippen LogP contribution in [-0.2, 0) is 6.54 Å². The zero-order chi connectivity index (χ0) is 27.0. The lowest BCUT2D eigenvalue weighted by Gasteiger charge is -2.19. The zero-order valence-corrected chi connectivity index (χ0v) is 24.1. The Hall–Kier alpha value is -2.47. The SMILES string of the molecule is CCCCCCCCCCCCCCOc1c(F)cccc1NC(=O)c1cccc(CN2CSC=C2C)c1. The standard InChI is InChI=1S/C32H45FN2O2S/c1-3-4-5-6-7-8-9-10-11-12-13-14-21-37-31-29(33)19-16-20-30(31)34-32(36)28-18-15-17-27(22-28)23-35-25-38-24-26(35)2/h15-20,22,24H,3-14,21,23,25H2,1-2H3,(H,34,36). The van der Waals surface area contributed by atoms with Gasteiger partial charge in [-0.2, -0.15) is 0 Å². The van der Waals surface area contributed by atoms with E-state index < -0.39 is 5.82 Å². The van der Waals surface area contributed by atoms with Gasteiger partial charge in [0.05, 0.1) is 18.2 Å². The number of rotatable bonds is 18. The molecule has 6 heteroatoms. The molecule has 208 valence electrons. The van der Waals surface area contributed by atoms with Crippen LogP contribution in [-0.4, -0.2) is 23.3 Å². The quantitative estimate of drug-likeness (QED) is 0.191. The molecule has 1 aliphatic rings. The summed E-state index contributed by atoms with van der Waals surface area (Å²) < 4.78 is 20.4. The number of allylic oxidation sites excluding steroid dienone is 1. The van der Waals surface area contributed by atoms with Crippen LogP contribution in [0.1, 0.15) is 107 Å². The van der Waals surface area contributed by atoms with E-state index in [1.807, 2.05) is 18.2 Å². The molecule has 3 rings (SSSR count). The van der Waals surface area contributed by atoms with Gasteiger partial charge in [-0.05, 0) is 48.6 Å². The highest BCUT2D eigenvalue weighted by atomic mass is 32.2. The van der Waals surface area contributed by atoms with Crippen LogP contribution >= 0.6 is 11.8 Å². The predicted molar refractivity (Wildman–Crippen MR) is 159 cm³/mol. The highest BCUT2D eigenvalue weighted by molar-refractivity contribution is 8.02. The van der Waals surface area contributed by atoms with E-state index in [1.165, 1.54) is 76.0 Å². The molecule has 1 heterocycles. The Balaban J connectivity index is 1.39. The van der Waals surface area contributed by atoms with E-state index in [0.717, 1.165) is 30.8 Å². The number of anilines is 1. The van der Waals surface area contributed by atoms with Crippen LogP contribution < -0.4 is 10.1 Å². The van der Waals surface area contributed by atoms with E-state index in [9.17, 15) is 9.18 Å². The van der Waals surface area contributed by atoms with Crippen LogP contribution in [0.5, 0.6) is 5.75 Å². The van der Waals surface area contributed by atoms with Crippen molar-refractivity contribution in [2.45, 2.75) is 97.4 Å². The fourth-order valence-electron chi connectivity index (χ4n) is 4.69. The Bertz CT molecular complexity index is 1030. The minimum atomic E-state index is -0.454. The van der Waals surface area contributed by atoms with Crippen molar-refractivity contribution in [3.8, 4) is 5.75 Å². The van der Waals surface area contributed by atoms with Crippen LogP contribution in [0.25, 0.3) is 0 Å². The molecule has 0 fully saturated rings. The summed E-state index contributed by atoms with van der Waals surface area (Å²) in [5.41, 5.74) is 3.22. The van der Waals surface area contributed by atoms with Crippen molar-refractivity contribution >= 4 is 23.4 Å². The number of hydrogen-bond donors (Lipinski definition) is 1. The molecule has 1 N–H and O–H groups in total. The number of ether oxygens (including phenoxy) is 1. The lowest BCUT2D eigenvalue weighted by atomic mass is 10.1. The predicted octanol–water partition coefficient (Wildman–Crippen LogP) is 9.53. The Labute approximate surface area is 233 Å². The molecule has 0 aromatic heterocycles. The third-order valence-corrected chi connectivity index (χ3v) is 7.97. The lowest BCUT2D eigenvalue weighted by molar-refractivity contribution is 0.102. The monoisotopic (exact) mass is 540 g/mol. The Morgan fingerprint density at radius 3 is 2.26 bits per heavy atom. The number of amides is 1. The van der Waals surface area contributed by atoms with E-state index in [-0.39, 0.29) is 11.7 Å². The second-order valence-electron chi connectivity index (χ2n) is 10.3. The summed E-state index contributed by atoms with van der Waals surface area (Å²) in [6.07, 6.45) is 15.2. The second-order valence-corrected chi connectivity index (χ2v) is 11.1. The summed E-state index contributed by atoms with van der Waals surface area (Å²) in [6, 6.07) is 12.3. The highest BCUT2D eigenvalue weighted by Gasteiger charge is 2.16. The van der Waals surface area contributed by atoms with Crippen LogP contribution in [0.15, 0.2) is 53.6 Å². The molecule has 0 saturated heterocycles. The Morgan fingerprint density at radius 2 is 1.61 bits per heavy atom. The van der Waals surface area contributed by atoms with Crippen molar-refractivity contribution in [3.05, 3.63) is 70.5 Å². The molecule has 2 aromatic rings. The fourth-order valence-corrected chi connectivity index (χ4v) is 5.63. The first kappa shape index (κ1) is 30.1. The summed E-state index contributed by atoms with van der Waals surface area (Å²) in [5.74, 6) is 0.320. The number of unbranched alkanes of at least 4 members (excludes halogenated alkanes) is 11. The summed E-state index contributed by atoms with van der Waals surface area (Å²) in [4.78, 5) is 15.3. The van der Waals surface area contributed by atoms with E-state index in [1.54, 1.807) is 30.0 Å². The number of para-hydroxylation sites is 1. The minimum Gasteiger partial charge on any atom is -0.488 e. The summed E-state index contributed by atoms with van der Waals surface area (Å²) in [7, 11) is 0. The normalized spacial score (nSPS) is 13.0. The van der Waals surface area contributed by atoms with Crippen LogP contribution in [0.2, 0.25) is 0 Å². The first-order valence-electron chi connectivity index (χ1n) is 14.4. The van der Waals surface area contributed by atoms with Gasteiger partial charge in [-0.3, -0.25) is 4.79 Å². The van der Waals surface area contributed by atoms with Crippen LogP contribution in [0.3, 0.4) is 0 Å². The van der Waals surface area contributed by atoms with Gasteiger partial charge in [0.2, 0.25) is 0 Å². The molecule has 0 atom stereocenters. The first-order chi connectivity index (χ1) is 18.6. The smallest absolute Gasteiger partial charge is 0.255 e. The molecule has 4 nitrogen and oxygen atoms in total. The largest absolute Gasteiger partial charge is 0.488 e. The molecule has 0 bridgehead atoms. The first-order valence-corrected chi connectivity index (χ1v) is 15.5. The number of halogens is 1. The lowest BCUT2D eigenvalue weighted by Crippen LogP contribution is -2.18. The summed E-state index contributed by atoms with van der Waals surface area (Å²) in [6.45, 7) is 5.55. The number of thioether (sulfide) groups is 1. The zero-order valence-electron chi connectivity index (χ0n) is 23.3. The van der Waals surface area contributed by atoms with Crippen molar-refractivity contribution in [2.24, 2.45) is 0 Å². The minimum absolute atomic E-state index is 0.120. The number of hydrogen-bond acceptors (Lipinski definition) is 4. The highest BCUT2D eigenvalue weighted by Crippen LogP contribution is 2.29. The number of carbonyl (C=O) groups excluding carboxylic acids is 1. The number of carbonyl (C=O) groups is 1. The molecular formula is C32H45FN2O2S. The summed E-state index contributed by atoms with van der Waals surface area (Å²) >= 11 is 1.78. The molecular weight excluding hydrogens is 495 g/mol. The van der Waals surface area contributed by atoms with Gasteiger partial charge in [0.1, 0.15) is 0 Å². The maximum atomic E-state index is 14.6. The van der Waals surface area contributed by atoms with Crippen LogP contribution in [0.4, 0.5) is 10.1 Å². The van der Waals surface area contributed by atoms with Gasteiger partial charge in [-0.1, -0.05) is 95.8 Å². The third-order valence-electron chi connectivity index (χ3n) is 7.01. The molecule has 0 radical (unpaired) electrons. The molecule has 1 amide bonds. The van der Waals surface area contributed by atoms with Crippen LogP contribution in [0, 0.1) is 5.82 Å². The van der Waals surface area contributed by atoms with Gasteiger partial charge in [0.25, 0.3) is 5.91 Å². The van der Waals surface area contributed by atoms with Gasteiger partial charge < -0.3 is 15.0 Å². The van der Waals surface area contributed by atoms with E-state index >= 15 is 0 Å². The summed E-state index contributed by atoms with van der Waals surface area (Å²) in [5, 5.41) is 5.01. The van der Waals surface area contributed by atoms with E-state index in [0.29, 0.717) is 17.9 Å². The molecule has 2 aromatic carbocycles. The van der Waals surface area contributed by atoms with E-state index in [4.69, 9.17) is 4.74 Å². The van der Waals surface area contributed by atoms with E-state index in [2.05, 4.69) is 29.5 Å². The molecule has 0 saturated carbocycles. The number of nitrogens with one attached hydrogen (secondary N) is 1. The molecule has 1 aliphatic heterocycles. The average Bonchev–Trinajstić information content (AvgIpc) is 3.32. The fraction of sp³-hybridized carbons (Fsp3) is 0.531. The third kappa shape index (κ3) is 10.4. The Morgan fingerprint density at radius 1 is 0.947 bits per heavy atom. The van der Waals surface area contributed by atoms with Crippen molar-refractivity contribution in [2.75, 3.05) is 17.8 Å².